The fourth-order valence-electron chi connectivity index (χ4n) is 9.97. The van der Waals surface area contributed by atoms with E-state index in [9.17, 15) is 40.2 Å². The van der Waals surface area contributed by atoms with E-state index in [-0.39, 0.29) is 31.7 Å². The number of carbonyl (C=O) groups excluding carboxylic acids is 2. The first-order valence-corrected chi connectivity index (χ1v) is 23.2. The van der Waals surface area contributed by atoms with Crippen LogP contribution in [0.25, 0.3) is 0 Å². The third-order valence-electron chi connectivity index (χ3n) is 14.2. The molecule has 0 aromatic heterocycles. The van der Waals surface area contributed by atoms with Crippen LogP contribution in [0.3, 0.4) is 0 Å². The number of hydrogen-bond donors (Lipinski definition) is 8. The number of rotatable bonds is 14. The van der Waals surface area contributed by atoms with Crippen LogP contribution in [-0.2, 0) is 44.6 Å². The number of nitrogens with one attached hydrogen (secondary N) is 2. The molecular weight excluding hydrogens is 831 g/mol. The maximum absolute atomic E-state index is 14.3. The number of amides is 1. The average Bonchev–Trinajstić information content (AvgIpc) is 3.25. The Kier molecular flexibility index (Phi) is 19.6. The first-order valence-electron chi connectivity index (χ1n) is 23.2. The third-order valence-corrected chi connectivity index (χ3v) is 14.2. The van der Waals surface area contributed by atoms with Crippen molar-refractivity contribution in [3.05, 3.63) is 35.9 Å². The van der Waals surface area contributed by atoms with Gasteiger partial charge in [-0.05, 0) is 72.3 Å². The summed E-state index contributed by atoms with van der Waals surface area (Å²) in [6.07, 6.45) is -12.1. The van der Waals surface area contributed by atoms with Gasteiger partial charge in [0.2, 0.25) is 5.91 Å². The Morgan fingerprint density at radius 1 is 0.875 bits per heavy atom. The highest BCUT2D eigenvalue weighted by molar-refractivity contribution is 5.78. The van der Waals surface area contributed by atoms with Crippen molar-refractivity contribution in [3.8, 4) is 0 Å². The third kappa shape index (κ3) is 13.0. The van der Waals surface area contributed by atoms with Crippen LogP contribution in [0.4, 0.5) is 0 Å². The molecule has 19 atom stereocenters. The van der Waals surface area contributed by atoms with Gasteiger partial charge in [0.15, 0.2) is 12.6 Å². The zero-order valence-corrected chi connectivity index (χ0v) is 40.2. The highest BCUT2D eigenvalue weighted by Crippen LogP contribution is 2.41. The monoisotopic (exact) mass is 912 g/mol. The molecule has 17 nitrogen and oxygen atoms in total. The van der Waals surface area contributed by atoms with Crippen molar-refractivity contribution in [2.24, 2.45) is 23.7 Å². The molecule has 0 bridgehead atoms. The predicted octanol–water partition coefficient (Wildman–Crippen LogP) is 1.85. The molecule has 368 valence electrons. The molecule has 1 aromatic rings. The lowest BCUT2D eigenvalue weighted by Gasteiger charge is -2.49. The fraction of sp³-hybridized carbons (Fsp3) is 0.830. The van der Waals surface area contributed by atoms with Gasteiger partial charge in [-0.1, -0.05) is 58.0 Å². The van der Waals surface area contributed by atoms with E-state index in [1.807, 2.05) is 30.3 Å². The topological polar surface area (TPSA) is 238 Å². The quantitative estimate of drug-likeness (QED) is 0.0983. The van der Waals surface area contributed by atoms with E-state index in [0.29, 0.717) is 26.1 Å². The zero-order chi connectivity index (χ0) is 47.9. The van der Waals surface area contributed by atoms with Crippen molar-refractivity contribution in [1.82, 2.24) is 15.5 Å². The molecule has 4 rings (SSSR count). The average molecular weight is 912 g/mol. The molecule has 0 aliphatic carbocycles. The van der Waals surface area contributed by atoms with Gasteiger partial charge in [-0.15, -0.1) is 0 Å². The van der Waals surface area contributed by atoms with Crippen LogP contribution < -0.4 is 10.6 Å². The summed E-state index contributed by atoms with van der Waals surface area (Å²) >= 11 is 0. The van der Waals surface area contributed by atoms with Gasteiger partial charge in [0.25, 0.3) is 0 Å². The minimum Gasteiger partial charge on any atom is -0.459 e. The lowest BCUT2D eigenvalue weighted by atomic mass is 9.73. The van der Waals surface area contributed by atoms with Gasteiger partial charge in [0.05, 0.1) is 66.3 Å². The Hall–Kier alpha value is -2.36. The van der Waals surface area contributed by atoms with E-state index in [2.05, 4.69) is 10.6 Å². The smallest absolute Gasteiger partial charge is 0.311 e. The lowest BCUT2D eigenvalue weighted by Crippen LogP contribution is -2.62. The first-order chi connectivity index (χ1) is 29.9. The summed E-state index contributed by atoms with van der Waals surface area (Å²) in [6.45, 7) is 18.3. The summed E-state index contributed by atoms with van der Waals surface area (Å²) in [6, 6.07) is 9.26. The molecule has 64 heavy (non-hydrogen) atoms. The van der Waals surface area contributed by atoms with Gasteiger partial charge in [0, 0.05) is 52.0 Å². The standard InChI is InChI=1S/C47H81N3O14/c1-13-34-47(10,58)40(54)28(4)37(52)26(2)22-45(8,57)42(29(5)39(30(6)43(56)62-34)63-36-23-46(9,59-12)41(55)31(7)61-36)64-44-38(53)33(21-27(3)60-44)50(11)35(51)25-49-20-19-48-24-32-17-15-14-16-18-32/h14-18,26-31,33-34,36-42,44,48-49,52-55,57-58H,13,19-25H2,1-12H3/t26-,27-,28+,29+,30-,31+,33?,34-,36+,37+,38-,39+,40-,41+,42-,44+,45-,46-,47-/m1/s1. The maximum Gasteiger partial charge on any atom is 0.311 e. The van der Waals surface area contributed by atoms with Crippen LogP contribution in [0.15, 0.2) is 30.3 Å². The zero-order valence-electron chi connectivity index (χ0n) is 40.2. The van der Waals surface area contributed by atoms with Crippen molar-refractivity contribution in [2.75, 3.05) is 33.8 Å². The molecule has 0 spiro atoms. The van der Waals surface area contributed by atoms with E-state index in [1.165, 1.54) is 25.9 Å². The molecule has 3 aliphatic rings. The fourth-order valence-corrected chi connectivity index (χ4v) is 9.97. The molecule has 8 N–H and O–H groups in total. The summed E-state index contributed by atoms with van der Waals surface area (Å²) < 4.78 is 37.6. The highest BCUT2D eigenvalue weighted by Gasteiger charge is 2.53. The Bertz CT molecular complexity index is 1610. The highest BCUT2D eigenvalue weighted by atomic mass is 16.7. The van der Waals surface area contributed by atoms with Crippen molar-refractivity contribution in [2.45, 2.75) is 192 Å². The Morgan fingerprint density at radius 3 is 2.14 bits per heavy atom. The van der Waals surface area contributed by atoms with Crippen LogP contribution in [-0.4, -0.2) is 172 Å². The van der Waals surface area contributed by atoms with Gasteiger partial charge >= 0.3 is 5.97 Å². The summed E-state index contributed by atoms with van der Waals surface area (Å²) in [7, 11) is 3.09. The van der Waals surface area contributed by atoms with Gasteiger partial charge in [-0.25, -0.2) is 0 Å². The van der Waals surface area contributed by atoms with Gasteiger partial charge in [-0.3, -0.25) is 9.59 Å². The van der Waals surface area contributed by atoms with Crippen LogP contribution in [0, 0.1) is 23.7 Å². The SMILES string of the molecule is CC[C@H]1OC(=O)[C@H](C)[C@@H](O[C@H]2C[C@@](C)(OC)[C@@H](O)[C@H](C)O2)[C@H](C)[C@@H](O[C@@H]2O[C@H](C)CC(N(C)C(=O)CNCCNCc3ccccc3)[C@H]2O)[C@](C)(O)C[C@@H](C)[C@H](O)[C@H](C)[C@@H](O)[C@]1(C)O. The number of aliphatic hydroxyl groups excluding tert-OH is 4. The number of hydrogen-bond acceptors (Lipinski definition) is 16. The summed E-state index contributed by atoms with van der Waals surface area (Å²) in [4.78, 5) is 29.3. The van der Waals surface area contributed by atoms with Crippen LogP contribution in [0.5, 0.6) is 0 Å². The second kappa shape index (κ2) is 23.1. The van der Waals surface area contributed by atoms with E-state index in [4.69, 9.17) is 28.4 Å². The van der Waals surface area contributed by atoms with Crippen LogP contribution in [0.2, 0.25) is 0 Å². The summed E-state index contributed by atoms with van der Waals surface area (Å²) in [5, 5.41) is 77.1. The maximum atomic E-state index is 14.3. The first kappa shape index (κ1) is 54.2. The minimum absolute atomic E-state index is 0.0253. The number of carbonyl (C=O) groups is 2. The van der Waals surface area contributed by atoms with Crippen LogP contribution >= 0.6 is 0 Å². The Morgan fingerprint density at radius 2 is 1.52 bits per heavy atom. The predicted molar refractivity (Wildman–Crippen MR) is 237 cm³/mol. The Balaban J connectivity index is 1.66. The van der Waals surface area contributed by atoms with E-state index in [1.54, 1.807) is 62.4 Å². The molecule has 1 amide bonds. The van der Waals surface area contributed by atoms with Gasteiger partial charge < -0.3 is 74.6 Å². The number of nitrogens with zero attached hydrogens (tertiary/aromatic N) is 1. The van der Waals surface area contributed by atoms with Crippen molar-refractivity contribution in [1.29, 1.82) is 0 Å². The molecule has 3 heterocycles. The van der Waals surface area contributed by atoms with E-state index < -0.39 is 120 Å². The Labute approximate surface area is 380 Å². The molecular formula is C47H81N3O14. The number of aliphatic hydroxyl groups is 6. The van der Waals surface area contributed by atoms with Gasteiger partial charge in [-0.2, -0.15) is 0 Å². The summed E-state index contributed by atoms with van der Waals surface area (Å²) in [5.74, 6) is -4.70. The second-order valence-electron chi connectivity index (χ2n) is 19.6. The number of methoxy groups -OCH3 is 1. The molecule has 17 heteroatoms. The molecule has 3 aliphatic heterocycles. The number of benzene rings is 1. The molecule has 1 unspecified atom stereocenters. The molecule has 0 saturated carbocycles. The van der Waals surface area contributed by atoms with Crippen molar-refractivity contribution >= 4 is 11.9 Å². The van der Waals surface area contributed by atoms with Gasteiger partial charge in [0.1, 0.15) is 23.9 Å². The summed E-state index contributed by atoms with van der Waals surface area (Å²) in [5.41, 5.74) is -3.76. The van der Waals surface area contributed by atoms with Crippen molar-refractivity contribution in [3.63, 3.8) is 0 Å². The van der Waals surface area contributed by atoms with Crippen LogP contribution in [0.1, 0.15) is 100 Å². The molecule has 3 fully saturated rings. The van der Waals surface area contributed by atoms with E-state index >= 15 is 0 Å². The second-order valence-corrected chi connectivity index (χ2v) is 19.6. The number of ether oxygens (including phenoxy) is 6. The molecule has 3 saturated heterocycles. The minimum atomic E-state index is -1.98. The normalized spacial score (nSPS) is 42.9. The number of likely N-dealkylation sites (N-methyl/N-ethyl adjacent to an activating group) is 1. The lowest BCUT2D eigenvalue weighted by molar-refractivity contribution is -0.318. The van der Waals surface area contributed by atoms with Crippen molar-refractivity contribution < 1.29 is 68.6 Å². The molecule has 1 aromatic carbocycles. The number of esters is 1. The largest absolute Gasteiger partial charge is 0.459 e. The number of cyclic esters (lactones) is 1. The van der Waals surface area contributed by atoms with E-state index in [0.717, 1.165) is 5.56 Å². The molecule has 0 radical (unpaired) electrons.